The van der Waals surface area contributed by atoms with Crippen LogP contribution in [0.5, 0.6) is 0 Å². The van der Waals surface area contributed by atoms with Crippen molar-refractivity contribution in [3.63, 3.8) is 0 Å². The molecule has 98 valence electrons. The molecule has 0 atom stereocenters. The number of hydrogen-bond donors (Lipinski definition) is 0. The van der Waals surface area contributed by atoms with E-state index in [4.69, 9.17) is 34.8 Å². The van der Waals surface area contributed by atoms with E-state index in [9.17, 15) is 4.79 Å². The zero-order valence-electron chi connectivity index (χ0n) is 9.59. The molecular weight excluding hydrogens is 417 g/mol. The second-order valence-corrected chi connectivity index (χ2v) is 6.31. The van der Waals surface area contributed by atoms with E-state index in [1.54, 1.807) is 30.3 Å². The lowest BCUT2D eigenvalue weighted by Crippen LogP contribution is -2.05. The van der Waals surface area contributed by atoms with Crippen LogP contribution in [0.3, 0.4) is 0 Å². The molecule has 0 saturated heterocycles. The van der Waals surface area contributed by atoms with Gasteiger partial charge in [0.15, 0.2) is 5.78 Å². The molecule has 2 rings (SSSR count). The summed E-state index contributed by atoms with van der Waals surface area (Å²) in [5.74, 6) is -0.0618. The molecule has 1 nitrogen and oxygen atoms in total. The van der Waals surface area contributed by atoms with Crippen LogP contribution in [-0.4, -0.2) is 5.78 Å². The minimum Gasteiger partial charge on any atom is -0.294 e. The summed E-state index contributed by atoms with van der Waals surface area (Å²) in [4.78, 5) is 12.2. The quantitative estimate of drug-likeness (QED) is 0.457. The normalized spacial score (nSPS) is 10.5. The van der Waals surface area contributed by atoms with E-state index in [0.29, 0.717) is 26.2 Å². The van der Waals surface area contributed by atoms with Crippen LogP contribution < -0.4 is 0 Å². The Labute approximate surface area is 140 Å². The van der Waals surface area contributed by atoms with Crippen LogP contribution in [-0.2, 0) is 6.42 Å². The molecular formula is C14H8Cl3IO. The van der Waals surface area contributed by atoms with Crippen molar-refractivity contribution in [3.8, 4) is 0 Å². The Bertz CT molecular complexity index is 620. The van der Waals surface area contributed by atoms with Crippen LogP contribution in [0.25, 0.3) is 0 Å². The molecule has 0 aliphatic carbocycles. The lowest BCUT2D eigenvalue weighted by atomic mass is 10.0. The number of hydrogen-bond acceptors (Lipinski definition) is 1. The molecule has 0 N–H and O–H groups in total. The topological polar surface area (TPSA) is 17.1 Å². The minimum atomic E-state index is -0.0618. The molecule has 0 radical (unpaired) electrons. The first-order valence-corrected chi connectivity index (χ1v) is 7.61. The smallest absolute Gasteiger partial charge is 0.167 e. The van der Waals surface area contributed by atoms with E-state index in [1.165, 1.54) is 0 Å². The van der Waals surface area contributed by atoms with Crippen molar-refractivity contribution in [2.75, 3.05) is 0 Å². The van der Waals surface area contributed by atoms with Crippen LogP contribution >= 0.6 is 57.4 Å². The van der Waals surface area contributed by atoms with Crippen molar-refractivity contribution in [2.45, 2.75) is 6.42 Å². The third kappa shape index (κ3) is 3.63. The molecule has 2 aromatic carbocycles. The monoisotopic (exact) mass is 424 g/mol. The molecule has 19 heavy (non-hydrogen) atoms. The summed E-state index contributed by atoms with van der Waals surface area (Å²) in [6, 6.07) is 10.4. The van der Waals surface area contributed by atoms with Gasteiger partial charge in [0.25, 0.3) is 0 Å². The fourth-order valence-corrected chi connectivity index (χ4v) is 2.68. The van der Waals surface area contributed by atoms with Gasteiger partial charge in [0, 0.05) is 25.6 Å². The first-order chi connectivity index (χ1) is 8.99. The Morgan fingerprint density at radius 2 is 1.63 bits per heavy atom. The van der Waals surface area contributed by atoms with Crippen molar-refractivity contribution in [2.24, 2.45) is 0 Å². The van der Waals surface area contributed by atoms with Gasteiger partial charge >= 0.3 is 0 Å². The van der Waals surface area contributed by atoms with Crippen molar-refractivity contribution < 1.29 is 4.79 Å². The van der Waals surface area contributed by atoms with Crippen LogP contribution in [0.15, 0.2) is 36.4 Å². The second kappa shape index (κ2) is 6.44. The largest absolute Gasteiger partial charge is 0.294 e. The van der Waals surface area contributed by atoms with Crippen LogP contribution in [0, 0.1) is 3.57 Å². The van der Waals surface area contributed by atoms with Gasteiger partial charge in [-0.2, -0.15) is 0 Å². The van der Waals surface area contributed by atoms with Gasteiger partial charge in [-0.3, -0.25) is 4.79 Å². The molecule has 0 amide bonds. The van der Waals surface area contributed by atoms with Crippen LogP contribution in [0.4, 0.5) is 0 Å². The van der Waals surface area contributed by atoms with E-state index < -0.39 is 0 Å². The standard InChI is InChI=1S/C14H8Cl3IO/c15-10-2-1-3-11(16)9(10)7-14(19)8-4-5-13(18)12(17)6-8/h1-6H,7H2. The molecule has 0 aliphatic rings. The fourth-order valence-electron chi connectivity index (χ4n) is 1.63. The molecule has 0 saturated carbocycles. The van der Waals surface area contributed by atoms with Crippen molar-refractivity contribution >= 4 is 63.2 Å². The summed E-state index contributed by atoms with van der Waals surface area (Å²) in [6.07, 6.45) is 0.162. The second-order valence-electron chi connectivity index (χ2n) is 3.93. The van der Waals surface area contributed by atoms with Gasteiger partial charge in [-0.25, -0.2) is 0 Å². The van der Waals surface area contributed by atoms with Gasteiger partial charge in [0.2, 0.25) is 0 Å². The summed E-state index contributed by atoms with van der Waals surface area (Å²) in [5.41, 5.74) is 1.20. The van der Waals surface area contributed by atoms with Gasteiger partial charge in [-0.15, -0.1) is 0 Å². The molecule has 2 aromatic rings. The fraction of sp³-hybridized carbons (Fsp3) is 0.0714. The number of halogens is 4. The highest BCUT2D eigenvalue weighted by Gasteiger charge is 2.13. The molecule has 0 bridgehead atoms. The zero-order valence-corrected chi connectivity index (χ0v) is 14.0. The van der Waals surface area contributed by atoms with Gasteiger partial charge in [0.1, 0.15) is 0 Å². The lowest BCUT2D eigenvalue weighted by Gasteiger charge is -2.07. The Morgan fingerprint density at radius 1 is 1.00 bits per heavy atom. The van der Waals surface area contributed by atoms with Gasteiger partial charge in [-0.05, 0) is 52.4 Å². The highest BCUT2D eigenvalue weighted by atomic mass is 127. The molecule has 0 unspecified atom stereocenters. The Hall–Kier alpha value is -0.290. The summed E-state index contributed by atoms with van der Waals surface area (Å²) < 4.78 is 0.909. The number of carbonyl (C=O) groups is 1. The first kappa shape index (κ1) is 15.1. The summed E-state index contributed by atoms with van der Waals surface area (Å²) in [7, 11) is 0. The number of carbonyl (C=O) groups excluding carboxylic acids is 1. The molecule has 5 heteroatoms. The van der Waals surface area contributed by atoms with E-state index >= 15 is 0 Å². The Morgan fingerprint density at radius 3 is 2.21 bits per heavy atom. The van der Waals surface area contributed by atoms with E-state index in [-0.39, 0.29) is 12.2 Å². The van der Waals surface area contributed by atoms with E-state index in [2.05, 4.69) is 22.6 Å². The number of rotatable bonds is 3. The summed E-state index contributed by atoms with van der Waals surface area (Å²) in [5, 5.41) is 1.56. The average Bonchev–Trinajstić information content (AvgIpc) is 2.37. The minimum absolute atomic E-state index is 0.0618. The third-order valence-electron chi connectivity index (χ3n) is 2.64. The van der Waals surface area contributed by atoms with Crippen molar-refractivity contribution in [1.82, 2.24) is 0 Å². The number of ketones is 1. The van der Waals surface area contributed by atoms with E-state index in [1.807, 2.05) is 6.07 Å². The first-order valence-electron chi connectivity index (χ1n) is 5.40. The third-order valence-corrected chi connectivity index (χ3v) is 4.92. The van der Waals surface area contributed by atoms with E-state index in [0.717, 1.165) is 3.57 Å². The highest BCUT2D eigenvalue weighted by molar-refractivity contribution is 14.1. The summed E-state index contributed by atoms with van der Waals surface area (Å²) in [6.45, 7) is 0. The Balaban J connectivity index is 2.28. The molecule has 0 aromatic heterocycles. The summed E-state index contributed by atoms with van der Waals surface area (Å²) >= 11 is 20.2. The predicted octanol–water partition coefficient (Wildman–Crippen LogP) is 5.68. The Kier molecular flexibility index (Phi) is 5.12. The zero-order chi connectivity index (χ0) is 14.0. The lowest BCUT2D eigenvalue weighted by molar-refractivity contribution is 0.0993. The average molecular weight is 425 g/mol. The number of benzene rings is 2. The highest BCUT2D eigenvalue weighted by Crippen LogP contribution is 2.26. The van der Waals surface area contributed by atoms with Gasteiger partial charge in [0.05, 0.1) is 5.02 Å². The SMILES string of the molecule is O=C(Cc1c(Cl)cccc1Cl)c1ccc(I)c(Cl)c1. The van der Waals surface area contributed by atoms with Crippen LogP contribution in [0.1, 0.15) is 15.9 Å². The molecule has 0 fully saturated rings. The van der Waals surface area contributed by atoms with Crippen molar-refractivity contribution in [3.05, 3.63) is 66.2 Å². The van der Waals surface area contributed by atoms with Gasteiger partial charge < -0.3 is 0 Å². The maximum atomic E-state index is 12.2. The van der Waals surface area contributed by atoms with Gasteiger partial charge in [-0.1, -0.05) is 46.9 Å². The molecule has 0 heterocycles. The maximum absolute atomic E-state index is 12.2. The van der Waals surface area contributed by atoms with Crippen LogP contribution in [0.2, 0.25) is 15.1 Å². The van der Waals surface area contributed by atoms with Crippen molar-refractivity contribution in [1.29, 1.82) is 0 Å². The molecule has 0 aliphatic heterocycles. The number of Topliss-reactive ketones (excluding diaryl/α,β-unsaturated/α-hetero) is 1. The molecule has 0 spiro atoms. The predicted molar refractivity (Wildman–Crippen MR) is 88.7 cm³/mol. The maximum Gasteiger partial charge on any atom is 0.167 e.